The van der Waals surface area contributed by atoms with E-state index in [0.29, 0.717) is 58.3 Å². The van der Waals surface area contributed by atoms with Gasteiger partial charge in [0.1, 0.15) is 18.1 Å². The molecule has 2 aromatic rings. The first-order valence-electron chi connectivity index (χ1n) is 23.3. The Morgan fingerprint density at radius 2 is 1.28 bits per heavy atom. The fourth-order valence-corrected chi connectivity index (χ4v) is 8.64. The van der Waals surface area contributed by atoms with Crippen molar-refractivity contribution < 1.29 is 33.6 Å². The molecule has 2 aliphatic carbocycles. The van der Waals surface area contributed by atoms with Gasteiger partial charge in [0, 0.05) is 26.2 Å². The number of nitrogens with two attached hydrogens (primary N) is 1. The van der Waals surface area contributed by atoms with Crippen molar-refractivity contribution in [3.05, 3.63) is 70.8 Å². The lowest BCUT2D eigenvalue weighted by atomic mass is 9.88. The molecule has 16 heteroatoms. The number of benzene rings is 2. The van der Waals surface area contributed by atoms with E-state index in [0.717, 1.165) is 32.1 Å². The number of likely N-dealkylation sites (N-methyl/N-ethyl adjacent to an activating group) is 2. The minimum absolute atomic E-state index is 0.0905. The van der Waals surface area contributed by atoms with Gasteiger partial charge in [-0.1, -0.05) is 48.5 Å². The highest BCUT2D eigenvalue weighted by molar-refractivity contribution is 5.95. The molecule has 16 nitrogen and oxygen atoms in total. The van der Waals surface area contributed by atoms with Crippen molar-refractivity contribution in [2.45, 2.75) is 146 Å². The van der Waals surface area contributed by atoms with E-state index in [1.54, 1.807) is 44.0 Å². The van der Waals surface area contributed by atoms with E-state index >= 15 is 0 Å². The van der Waals surface area contributed by atoms with E-state index in [2.05, 4.69) is 74.4 Å². The number of aryl methyl sites for hydroxylation is 3. The third kappa shape index (κ3) is 15.7. The molecule has 64 heavy (non-hydrogen) atoms. The molecule has 2 aromatic carbocycles. The van der Waals surface area contributed by atoms with Crippen LogP contribution in [0, 0.1) is 0 Å². The van der Waals surface area contributed by atoms with Crippen molar-refractivity contribution in [3.8, 4) is 0 Å². The summed E-state index contributed by atoms with van der Waals surface area (Å²) in [7, 11) is 3.28. The summed E-state index contributed by atoms with van der Waals surface area (Å²) in [5, 5.41) is 16.8. The summed E-state index contributed by atoms with van der Waals surface area (Å²) in [5.41, 5.74) is 11.3. The number of likely N-dealkylation sites (tertiary alicyclic amines) is 2. The molecule has 8 N–H and O–H groups in total. The summed E-state index contributed by atoms with van der Waals surface area (Å²) in [4.78, 5) is 89.3. The first-order chi connectivity index (χ1) is 30.9. The van der Waals surface area contributed by atoms with Crippen LogP contribution in [0.25, 0.3) is 0 Å². The van der Waals surface area contributed by atoms with Crippen LogP contribution in [0.3, 0.4) is 0 Å². The van der Waals surface area contributed by atoms with Gasteiger partial charge >= 0.3 is 0 Å². The van der Waals surface area contributed by atoms with Gasteiger partial charge in [-0.15, -0.1) is 0 Å². The third-order valence-electron chi connectivity index (χ3n) is 12.7. The summed E-state index contributed by atoms with van der Waals surface area (Å²) >= 11 is 0. The number of primary amides is 1. The molecule has 0 saturated carbocycles. The Morgan fingerprint density at radius 1 is 0.703 bits per heavy atom. The number of hydrogen-bond donors (Lipinski definition) is 7. The van der Waals surface area contributed by atoms with Gasteiger partial charge in [0.15, 0.2) is 0 Å². The van der Waals surface area contributed by atoms with E-state index in [4.69, 9.17) is 5.73 Å². The minimum atomic E-state index is -1.15. The molecule has 2 aliphatic heterocycles. The standard InChI is InChI=1S/C27H48N8O6.C11H13NO.C10H12/c1-17(29-3)24(38)32-19(26(40)34-13-7-8-14-34)10-5-6-12-31-22(36)16-20(33-25(39)18(2)30-4)27(41)35-15-9-11-21(35)23(28)37;13-8-12-11-7-3-5-9-4-1-2-6-10(9)11;1-2-6-10-8-4-3-7-9(10)5-1/h17-21,29-30H,5-16H2,1-4H3,(H2,28,37)(H,31,36)(H,32,38)(H,33,39);1-2,4,6,8,11H,3,5,7H2,(H,12,13);1-2,5-6H,3-4,7-8H2/t17-,18?,19?,20-,21?;;/m0../s1. The maximum absolute atomic E-state index is 13.3. The van der Waals surface area contributed by atoms with E-state index in [1.807, 2.05) is 6.07 Å². The Balaban J connectivity index is 0.000000309. The quantitative estimate of drug-likeness (QED) is 0.0861. The molecule has 2 saturated heterocycles. The molecule has 352 valence electrons. The lowest BCUT2D eigenvalue weighted by molar-refractivity contribution is -0.142. The predicted octanol–water partition coefficient (Wildman–Crippen LogP) is 2.32. The second kappa shape index (κ2) is 27.1. The zero-order valence-corrected chi connectivity index (χ0v) is 38.4. The van der Waals surface area contributed by atoms with Crippen LogP contribution < -0.4 is 37.6 Å². The summed E-state index contributed by atoms with van der Waals surface area (Å²) in [6.07, 6.45) is 13.8. The number of rotatable bonds is 18. The predicted molar refractivity (Wildman–Crippen MR) is 247 cm³/mol. The second-order valence-corrected chi connectivity index (χ2v) is 17.2. The number of carbonyl (C=O) groups is 7. The highest BCUT2D eigenvalue weighted by Gasteiger charge is 2.38. The zero-order valence-electron chi connectivity index (χ0n) is 38.4. The molecule has 2 heterocycles. The smallest absolute Gasteiger partial charge is 0.246 e. The fraction of sp³-hybridized carbons (Fsp3) is 0.604. The van der Waals surface area contributed by atoms with Crippen molar-refractivity contribution in [2.24, 2.45) is 5.73 Å². The molecule has 7 amide bonds. The zero-order chi connectivity index (χ0) is 46.4. The second-order valence-electron chi connectivity index (χ2n) is 17.2. The number of carbonyl (C=O) groups excluding carboxylic acids is 7. The third-order valence-corrected chi connectivity index (χ3v) is 12.7. The maximum atomic E-state index is 13.3. The topological polar surface area (TPSA) is 224 Å². The Bertz CT molecular complexity index is 1830. The summed E-state index contributed by atoms with van der Waals surface area (Å²) in [6, 6.07) is 13.8. The normalized spacial score (nSPS) is 19.3. The van der Waals surface area contributed by atoms with Gasteiger partial charge in [-0.25, -0.2) is 0 Å². The van der Waals surface area contributed by atoms with E-state index in [1.165, 1.54) is 48.1 Å². The minimum Gasteiger partial charge on any atom is -0.368 e. The summed E-state index contributed by atoms with van der Waals surface area (Å²) in [5.74, 6) is -2.36. The molecule has 0 radical (unpaired) electrons. The van der Waals surface area contributed by atoms with Crippen LogP contribution in [0.1, 0.15) is 119 Å². The van der Waals surface area contributed by atoms with Gasteiger partial charge in [-0.05, 0) is 140 Å². The van der Waals surface area contributed by atoms with Crippen molar-refractivity contribution >= 4 is 41.9 Å². The molecule has 6 atom stereocenters. The first-order valence-corrected chi connectivity index (χ1v) is 23.3. The van der Waals surface area contributed by atoms with Gasteiger partial charge in [0.25, 0.3) is 0 Å². The van der Waals surface area contributed by atoms with Crippen molar-refractivity contribution in [1.29, 1.82) is 0 Å². The van der Waals surface area contributed by atoms with Crippen LogP contribution >= 0.6 is 0 Å². The van der Waals surface area contributed by atoms with Crippen molar-refractivity contribution in [3.63, 3.8) is 0 Å². The van der Waals surface area contributed by atoms with Crippen molar-refractivity contribution in [1.82, 2.24) is 41.7 Å². The number of amides is 7. The van der Waals surface area contributed by atoms with Gasteiger partial charge < -0.3 is 47.4 Å². The molecule has 4 unspecified atom stereocenters. The highest BCUT2D eigenvalue weighted by Crippen LogP contribution is 2.29. The molecule has 6 rings (SSSR count). The molecular formula is C48H73N9O7. The lowest BCUT2D eigenvalue weighted by Crippen LogP contribution is -2.56. The Hall–Kier alpha value is -5.35. The maximum Gasteiger partial charge on any atom is 0.246 e. The Labute approximate surface area is 379 Å². The number of unbranched alkanes of at least 4 members (excludes halogenated alkanes) is 1. The van der Waals surface area contributed by atoms with Crippen LogP contribution in [0.15, 0.2) is 48.5 Å². The van der Waals surface area contributed by atoms with Crippen LogP contribution in [0.2, 0.25) is 0 Å². The molecule has 0 bridgehead atoms. The molecule has 2 fully saturated rings. The monoisotopic (exact) mass is 888 g/mol. The van der Waals surface area contributed by atoms with Gasteiger partial charge in [0.05, 0.1) is 24.5 Å². The number of nitrogens with zero attached hydrogens (tertiary/aromatic N) is 2. The number of hydrogen-bond acceptors (Lipinski definition) is 9. The van der Waals surface area contributed by atoms with E-state index in [-0.39, 0.29) is 24.3 Å². The average Bonchev–Trinajstić information content (AvgIpc) is 4.05. The van der Waals surface area contributed by atoms with Gasteiger partial charge in [0.2, 0.25) is 41.9 Å². The lowest BCUT2D eigenvalue weighted by Gasteiger charge is -2.28. The summed E-state index contributed by atoms with van der Waals surface area (Å²) < 4.78 is 0. The first kappa shape index (κ1) is 51.3. The van der Waals surface area contributed by atoms with Crippen LogP contribution in [-0.2, 0) is 52.8 Å². The molecular weight excluding hydrogens is 815 g/mol. The van der Waals surface area contributed by atoms with E-state index in [9.17, 15) is 33.6 Å². The van der Waals surface area contributed by atoms with Gasteiger partial charge in [-0.3, -0.25) is 33.6 Å². The summed E-state index contributed by atoms with van der Waals surface area (Å²) in [6.45, 7) is 5.33. The van der Waals surface area contributed by atoms with E-state index < -0.39 is 53.8 Å². The largest absolute Gasteiger partial charge is 0.368 e. The van der Waals surface area contributed by atoms with Crippen LogP contribution in [0.4, 0.5) is 0 Å². The molecule has 0 spiro atoms. The number of nitrogens with one attached hydrogen (secondary N) is 6. The fourth-order valence-electron chi connectivity index (χ4n) is 8.64. The molecule has 0 aromatic heterocycles. The average molecular weight is 888 g/mol. The Morgan fingerprint density at radius 3 is 1.88 bits per heavy atom. The number of fused-ring (bicyclic) bond motifs is 2. The Kier molecular flexibility index (Phi) is 21.7. The molecule has 4 aliphatic rings. The van der Waals surface area contributed by atoms with Crippen LogP contribution in [0.5, 0.6) is 0 Å². The SMILES string of the molecule is CNC(C)C(=O)N[C@@H](CC(=O)NCCCCC(NC(=O)[C@H](C)NC)C(=O)N1CCCC1)C(=O)N1CCCC1C(N)=O.O=CNC1CCCc2ccccc21.c1ccc2c(c1)CCCC2. The van der Waals surface area contributed by atoms with Gasteiger partial charge in [-0.2, -0.15) is 0 Å². The van der Waals surface area contributed by atoms with Crippen molar-refractivity contribution in [2.75, 3.05) is 40.3 Å². The van der Waals surface area contributed by atoms with Crippen LogP contribution in [-0.4, -0.2) is 122 Å². The highest BCUT2D eigenvalue weighted by atomic mass is 16.2.